The van der Waals surface area contributed by atoms with E-state index in [1.807, 2.05) is 0 Å². The lowest BCUT2D eigenvalue weighted by Gasteiger charge is -2.04. The number of hydrogen-bond acceptors (Lipinski definition) is 3. The Balaban J connectivity index is 2.26. The van der Waals surface area contributed by atoms with E-state index in [2.05, 4.69) is 0 Å². The van der Waals surface area contributed by atoms with Crippen LogP contribution in [0.5, 0.6) is 11.7 Å². The Bertz CT molecular complexity index is 520. The molecule has 16 heavy (non-hydrogen) atoms. The molecule has 2 aromatic rings. The minimum atomic E-state index is 0.186. The summed E-state index contributed by atoms with van der Waals surface area (Å²) < 4.78 is 10.4. The van der Waals surface area contributed by atoms with Crippen LogP contribution in [0, 0.1) is 0 Å². The molecule has 0 amide bonds. The fourth-order valence-corrected chi connectivity index (χ4v) is 1.45. The summed E-state index contributed by atoms with van der Waals surface area (Å²) in [5.41, 5.74) is 0. The first-order valence-corrected chi connectivity index (χ1v) is 5.13. The molecule has 5 heteroatoms. The Morgan fingerprint density at radius 3 is 2.69 bits per heavy atom. The third-order valence-corrected chi connectivity index (χ3v) is 2.65. The van der Waals surface area contributed by atoms with E-state index in [-0.39, 0.29) is 11.7 Å². The van der Waals surface area contributed by atoms with Crippen LogP contribution in [0.1, 0.15) is 10.6 Å². The fraction of sp³-hybridized carbons (Fsp3) is 0. The predicted molar refractivity (Wildman–Crippen MR) is 60.6 cm³/mol. The number of carbonyl (C=O) groups is 1. The zero-order valence-corrected chi connectivity index (χ0v) is 9.46. The van der Waals surface area contributed by atoms with E-state index in [1.165, 1.54) is 12.1 Å². The number of hydrogen-bond donors (Lipinski definition) is 0. The van der Waals surface area contributed by atoms with Crippen molar-refractivity contribution in [2.45, 2.75) is 0 Å². The van der Waals surface area contributed by atoms with Crippen molar-refractivity contribution in [2.75, 3.05) is 0 Å². The molecule has 2 rings (SSSR count). The molecule has 0 aliphatic heterocycles. The van der Waals surface area contributed by atoms with E-state index in [0.29, 0.717) is 22.1 Å². The molecule has 0 unspecified atom stereocenters. The van der Waals surface area contributed by atoms with Crippen molar-refractivity contribution < 1.29 is 13.9 Å². The third-order valence-electron chi connectivity index (χ3n) is 1.84. The van der Waals surface area contributed by atoms with Crippen LogP contribution in [0.25, 0.3) is 0 Å². The Morgan fingerprint density at radius 1 is 1.19 bits per heavy atom. The second kappa shape index (κ2) is 4.60. The van der Waals surface area contributed by atoms with Crippen molar-refractivity contribution in [1.29, 1.82) is 0 Å². The van der Waals surface area contributed by atoms with Crippen LogP contribution < -0.4 is 4.74 Å². The van der Waals surface area contributed by atoms with Gasteiger partial charge < -0.3 is 9.15 Å². The van der Waals surface area contributed by atoms with Crippen LogP contribution in [-0.2, 0) is 0 Å². The minimum absolute atomic E-state index is 0.186. The summed E-state index contributed by atoms with van der Waals surface area (Å²) in [6, 6.07) is 8.03. The molecule has 3 nitrogen and oxygen atoms in total. The summed E-state index contributed by atoms with van der Waals surface area (Å²) in [6.45, 7) is 0. The maximum Gasteiger partial charge on any atom is 0.290 e. The number of carbonyl (C=O) groups excluding carboxylic acids is 1. The van der Waals surface area contributed by atoms with Crippen molar-refractivity contribution in [3.63, 3.8) is 0 Å². The summed E-state index contributed by atoms with van der Waals surface area (Å²) in [5, 5.41) is 0.689. The van der Waals surface area contributed by atoms with Crippen molar-refractivity contribution in [1.82, 2.24) is 0 Å². The Hall–Kier alpha value is -1.45. The molecule has 0 atom stereocenters. The Morgan fingerprint density at radius 2 is 2.00 bits per heavy atom. The molecule has 82 valence electrons. The van der Waals surface area contributed by atoms with Gasteiger partial charge in [0.1, 0.15) is 5.02 Å². The zero-order chi connectivity index (χ0) is 11.5. The second-order valence-corrected chi connectivity index (χ2v) is 3.71. The molecule has 0 saturated carbocycles. The van der Waals surface area contributed by atoms with E-state index in [4.69, 9.17) is 32.4 Å². The quantitative estimate of drug-likeness (QED) is 0.774. The van der Waals surface area contributed by atoms with Crippen molar-refractivity contribution in [2.24, 2.45) is 0 Å². The van der Waals surface area contributed by atoms with Gasteiger partial charge in [-0.15, -0.1) is 0 Å². The molecule has 0 aliphatic carbocycles. The van der Waals surface area contributed by atoms with Gasteiger partial charge in [0, 0.05) is 6.07 Å². The largest absolute Gasteiger partial charge is 0.424 e. The van der Waals surface area contributed by atoms with Gasteiger partial charge in [0.15, 0.2) is 17.8 Å². The lowest BCUT2D eigenvalue weighted by atomic mass is 10.3. The van der Waals surface area contributed by atoms with Gasteiger partial charge in [-0.25, -0.2) is 0 Å². The van der Waals surface area contributed by atoms with Gasteiger partial charge in [0.2, 0.25) is 0 Å². The van der Waals surface area contributed by atoms with Gasteiger partial charge >= 0.3 is 0 Å². The first kappa shape index (κ1) is 11.0. The highest BCUT2D eigenvalue weighted by atomic mass is 35.5. The topological polar surface area (TPSA) is 39.4 Å². The van der Waals surface area contributed by atoms with Gasteiger partial charge in [-0.2, -0.15) is 0 Å². The van der Waals surface area contributed by atoms with Crippen LogP contribution >= 0.6 is 23.2 Å². The number of benzene rings is 1. The third kappa shape index (κ3) is 2.21. The molecule has 1 aromatic heterocycles. The van der Waals surface area contributed by atoms with Gasteiger partial charge in [-0.1, -0.05) is 29.3 Å². The molecule has 0 N–H and O–H groups in total. The van der Waals surface area contributed by atoms with E-state index >= 15 is 0 Å². The summed E-state index contributed by atoms with van der Waals surface area (Å²) >= 11 is 11.7. The molecule has 0 radical (unpaired) electrons. The van der Waals surface area contributed by atoms with Gasteiger partial charge in [0.25, 0.3) is 5.95 Å². The Kier molecular flexibility index (Phi) is 3.17. The average Bonchev–Trinajstić information content (AvgIpc) is 2.73. The molecular weight excluding hydrogens is 251 g/mol. The van der Waals surface area contributed by atoms with Crippen molar-refractivity contribution in [3.8, 4) is 11.7 Å². The van der Waals surface area contributed by atoms with Crippen LogP contribution in [0.3, 0.4) is 0 Å². The molecule has 0 saturated heterocycles. The van der Waals surface area contributed by atoms with Gasteiger partial charge in [0.05, 0.1) is 5.02 Å². The van der Waals surface area contributed by atoms with Crippen LogP contribution in [0.15, 0.2) is 34.7 Å². The maximum atomic E-state index is 10.4. The first-order valence-electron chi connectivity index (χ1n) is 4.37. The summed E-state index contributed by atoms with van der Waals surface area (Å²) in [6.07, 6.45) is 0.590. The van der Waals surface area contributed by atoms with Crippen molar-refractivity contribution in [3.05, 3.63) is 46.1 Å². The number of ether oxygens (including phenoxy) is 1. The van der Waals surface area contributed by atoms with Crippen LogP contribution in [0.4, 0.5) is 0 Å². The van der Waals surface area contributed by atoms with Crippen LogP contribution in [-0.4, -0.2) is 6.29 Å². The zero-order valence-electron chi connectivity index (χ0n) is 7.94. The van der Waals surface area contributed by atoms with Crippen LogP contribution in [0.2, 0.25) is 10.0 Å². The maximum absolute atomic E-state index is 10.4. The second-order valence-electron chi connectivity index (χ2n) is 2.93. The van der Waals surface area contributed by atoms with Crippen molar-refractivity contribution >= 4 is 29.5 Å². The van der Waals surface area contributed by atoms with E-state index in [9.17, 15) is 4.79 Å². The van der Waals surface area contributed by atoms with E-state index in [1.54, 1.807) is 18.2 Å². The lowest BCUT2D eigenvalue weighted by Crippen LogP contribution is -1.83. The van der Waals surface area contributed by atoms with E-state index < -0.39 is 0 Å². The highest BCUT2D eigenvalue weighted by Gasteiger charge is 2.09. The predicted octanol–water partition coefficient (Wildman–Crippen LogP) is 4.19. The van der Waals surface area contributed by atoms with E-state index in [0.717, 1.165) is 0 Å². The summed E-state index contributed by atoms with van der Waals surface area (Å²) in [4.78, 5) is 10.4. The molecule has 0 bridgehead atoms. The van der Waals surface area contributed by atoms with Gasteiger partial charge in [-0.05, 0) is 18.2 Å². The number of rotatable bonds is 3. The standard InChI is InChI=1S/C11H6Cl2O3/c12-8-2-1-3-9(11(8)13)16-10-5-4-7(6-14)15-10/h1-6H. The molecule has 1 heterocycles. The minimum Gasteiger partial charge on any atom is -0.424 e. The molecule has 1 aromatic carbocycles. The number of furan rings is 1. The first-order chi connectivity index (χ1) is 7.70. The molecular formula is C11H6Cl2O3. The Labute approximate surface area is 102 Å². The molecule has 0 aliphatic rings. The highest BCUT2D eigenvalue weighted by Crippen LogP contribution is 2.34. The van der Waals surface area contributed by atoms with Gasteiger partial charge in [-0.3, -0.25) is 4.79 Å². The summed E-state index contributed by atoms with van der Waals surface area (Å²) in [7, 11) is 0. The lowest BCUT2D eigenvalue weighted by molar-refractivity contribution is 0.109. The fourth-order valence-electron chi connectivity index (χ4n) is 1.12. The smallest absolute Gasteiger partial charge is 0.290 e. The number of halogens is 2. The average molecular weight is 257 g/mol. The number of aldehydes is 1. The monoisotopic (exact) mass is 256 g/mol. The SMILES string of the molecule is O=Cc1ccc(Oc2cccc(Cl)c2Cl)o1. The molecule has 0 spiro atoms. The normalized spacial score (nSPS) is 10.1. The molecule has 0 fully saturated rings. The summed E-state index contributed by atoms with van der Waals surface area (Å²) in [5.74, 6) is 0.750. The highest BCUT2D eigenvalue weighted by molar-refractivity contribution is 6.42.